The minimum absolute atomic E-state index is 0. The van der Waals surface area contributed by atoms with Crippen LogP contribution in [0.15, 0.2) is 30.3 Å². The van der Waals surface area contributed by atoms with E-state index in [1.165, 1.54) is 4.90 Å². The summed E-state index contributed by atoms with van der Waals surface area (Å²) in [5.41, 5.74) is 11.2. The summed E-state index contributed by atoms with van der Waals surface area (Å²) in [4.78, 5) is 35.8. The first kappa shape index (κ1) is 19.9. The van der Waals surface area contributed by atoms with E-state index >= 15 is 0 Å². The van der Waals surface area contributed by atoms with Crippen LogP contribution in [-0.2, 0) is 14.4 Å². The van der Waals surface area contributed by atoms with Gasteiger partial charge in [0, 0.05) is 0 Å². The lowest BCUT2D eigenvalue weighted by atomic mass is 10.1. The average Bonchev–Trinajstić information content (AvgIpc) is 2.49. The SMILES string of the molecule is C[C@H](c1ccccc1)N(CC(N)=O)C(=O)CNC(=O)CN.Cl. The molecule has 0 unspecified atom stereocenters. The number of nitrogens with one attached hydrogen (secondary N) is 1. The van der Waals surface area contributed by atoms with Crippen LogP contribution >= 0.6 is 12.4 Å². The van der Waals surface area contributed by atoms with E-state index in [0.29, 0.717) is 0 Å². The molecule has 1 rings (SSSR count). The van der Waals surface area contributed by atoms with Crippen molar-refractivity contribution < 1.29 is 14.4 Å². The fraction of sp³-hybridized carbons (Fsp3) is 0.357. The van der Waals surface area contributed by atoms with E-state index in [4.69, 9.17) is 11.5 Å². The summed E-state index contributed by atoms with van der Waals surface area (Å²) in [5.74, 6) is -1.45. The van der Waals surface area contributed by atoms with Crippen LogP contribution < -0.4 is 16.8 Å². The number of carbonyl (C=O) groups excluding carboxylic acids is 3. The third-order valence-electron chi connectivity index (χ3n) is 3.02. The van der Waals surface area contributed by atoms with Crippen LogP contribution in [-0.4, -0.2) is 42.3 Å². The fourth-order valence-electron chi connectivity index (χ4n) is 1.87. The second kappa shape index (κ2) is 9.75. The highest BCUT2D eigenvalue weighted by atomic mass is 35.5. The van der Waals surface area contributed by atoms with E-state index < -0.39 is 17.7 Å². The van der Waals surface area contributed by atoms with E-state index in [9.17, 15) is 14.4 Å². The Bertz CT molecular complexity index is 510. The maximum atomic E-state index is 12.2. The summed E-state index contributed by atoms with van der Waals surface area (Å²) in [5, 5.41) is 2.38. The highest BCUT2D eigenvalue weighted by Gasteiger charge is 2.23. The lowest BCUT2D eigenvalue weighted by Gasteiger charge is -2.28. The Morgan fingerprint density at radius 3 is 2.32 bits per heavy atom. The van der Waals surface area contributed by atoms with Crippen LogP contribution in [0, 0.1) is 0 Å². The van der Waals surface area contributed by atoms with Crippen molar-refractivity contribution in [3.63, 3.8) is 0 Å². The molecule has 0 fully saturated rings. The molecule has 0 aromatic heterocycles. The molecule has 3 amide bonds. The van der Waals surface area contributed by atoms with E-state index in [-0.39, 0.29) is 38.1 Å². The Labute approximate surface area is 135 Å². The number of halogens is 1. The molecule has 22 heavy (non-hydrogen) atoms. The highest BCUT2D eigenvalue weighted by molar-refractivity contribution is 5.88. The quantitative estimate of drug-likeness (QED) is 0.628. The van der Waals surface area contributed by atoms with Crippen LogP contribution in [0.4, 0.5) is 0 Å². The van der Waals surface area contributed by atoms with Gasteiger partial charge in [-0.25, -0.2) is 0 Å². The molecule has 1 atom stereocenters. The Morgan fingerprint density at radius 2 is 1.82 bits per heavy atom. The molecule has 0 aliphatic carbocycles. The summed E-state index contributed by atoms with van der Waals surface area (Å²) in [7, 11) is 0. The van der Waals surface area contributed by atoms with Crippen molar-refractivity contribution in [3.05, 3.63) is 35.9 Å². The Kier molecular flexibility index (Phi) is 8.81. The number of benzene rings is 1. The molecule has 122 valence electrons. The van der Waals surface area contributed by atoms with Gasteiger partial charge in [-0.3, -0.25) is 14.4 Å². The molecule has 0 aliphatic rings. The van der Waals surface area contributed by atoms with Crippen molar-refractivity contribution in [2.45, 2.75) is 13.0 Å². The van der Waals surface area contributed by atoms with E-state index in [0.717, 1.165) is 5.56 Å². The molecule has 0 heterocycles. The van der Waals surface area contributed by atoms with Gasteiger partial charge < -0.3 is 21.7 Å². The van der Waals surface area contributed by atoms with Gasteiger partial charge in [0.1, 0.15) is 0 Å². The molecule has 5 N–H and O–H groups in total. The van der Waals surface area contributed by atoms with Crippen molar-refractivity contribution in [1.82, 2.24) is 10.2 Å². The van der Waals surface area contributed by atoms with Crippen molar-refractivity contribution in [1.29, 1.82) is 0 Å². The van der Waals surface area contributed by atoms with Crippen molar-refractivity contribution in [2.24, 2.45) is 11.5 Å². The Balaban J connectivity index is 0.00000441. The molecule has 0 aliphatic heterocycles. The second-order valence-electron chi connectivity index (χ2n) is 4.56. The van der Waals surface area contributed by atoms with Gasteiger partial charge in [0.15, 0.2) is 0 Å². The summed E-state index contributed by atoms with van der Waals surface area (Å²) >= 11 is 0. The first-order valence-corrected chi connectivity index (χ1v) is 6.55. The van der Waals surface area contributed by atoms with Crippen LogP contribution in [0.5, 0.6) is 0 Å². The average molecular weight is 329 g/mol. The largest absolute Gasteiger partial charge is 0.368 e. The zero-order valence-electron chi connectivity index (χ0n) is 12.3. The molecule has 7 nitrogen and oxygen atoms in total. The first-order chi connectivity index (χ1) is 9.95. The summed E-state index contributed by atoms with van der Waals surface area (Å²) in [6.45, 7) is 1.16. The molecule has 8 heteroatoms. The third-order valence-corrected chi connectivity index (χ3v) is 3.02. The summed E-state index contributed by atoms with van der Waals surface area (Å²) < 4.78 is 0. The molecule has 0 saturated heterocycles. The molecule has 0 spiro atoms. The van der Waals surface area contributed by atoms with Gasteiger partial charge >= 0.3 is 0 Å². The number of hydrogen-bond donors (Lipinski definition) is 3. The molecule has 0 saturated carbocycles. The standard InChI is InChI=1S/C14H20N4O3.ClH/c1-10(11-5-3-2-4-6-11)18(9-12(16)19)14(21)8-17-13(20)7-15;/h2-6,10H,7-9,15H2,1H3,(H2,16,19)(H,17,20);1H/t10-;/m1./s1. The predicted molar refractivity (Wildman–Crippen MR) is 85.1 cm³/mol. The third kappa shape index (κ3) is 6.11. The van der Waals surface area contributed by atoms with Crippen LogP contribution in [0.2, 0.25) is 0 Å². The topological polar surface area (TPSA) is 119 Å². The monoisotopic (exact) mass is 328 g/mol. The van der Waals surface area contributed by atoms with Crippen LogP contribution in [0.3, 0.4) is 0 Å². The van der Waals surface area contributed by atoms with Crippen molar-refractivity contribution in [3.8, 4) is 0 Å². The molecule has 0 radical (unpaired) electrons. The number of rotatable bonds is 7. The van der Waals surface area contributed by atoms with Gasteiger partial charge in [-0.2, -0.15) is 0 Å². The van der Waals surface area contributed by atoms with Crippen molar-refractivity contribution in [2.75, 3.05) is 19.6 Å². The van der Waals surface area contributed by atoms with E-state index in [2.05, 4.69) is 5.32 Å². The number of nitrogens with zero attached hydrogens (tertiary/aromatic N) is 1. The summed E-state index contributed by atoms with van der Waals surface area (Å²) in [6, 6.07) is 8.91. The minimum Gasteiger partial charge on any atom is -0.368 e. The number of carbonyl (C=O) groups is 3. The highest BCUT2D eigenvalue weighted by Crippen LogP contribution is 2.19. The minimum atomic E-state index is -0.615. The first-order valence-electron chi connectivity index (χ1n) is 6.55. The van der Waals surface area contributed by atoms with Crippen LogP contribution in [0.25, 0.3) is 0 Å². The lowest BCUT2D eigenvalue weighted by molar-refractivity contribution is -0.137. The van der Waals surface area contributed by atoms with Gasteiger partial charge in [0.2, 0.25) is 17.7 Å². The van der Waals surface area contributed by atoms with Gasteiger partial charge in [0.05, 0.1) is 25.7 Å². The lowest BCUT2D eigenvalue weighted by Crippen LogP contribution is -2.46. The molecule has 1 aromatic carbocycles. The van der Waals surface area contributed by atoms with Gasteiger partial charge in [0.25, 0.3) is 0 Å². The molecular formula is C14H21ClN4O3. The number of primary amides is 1. The predicted octanol–water partition coefficient (Wildman–Crippen LogP) is -0.442. The van der Waals surface area contributed by atoms with E-state index in [1.54, 1.807) is 6.92 Å². The fourth-order valence-corrected chi connectivity index (χ4v) is 1.87. The number of amides is 3. The zero-order chi connectivity index (χ0) is 15.8. The van der Waals surface area contributed by atoms with Gasteiger partial charge in [-0.05, 0) is 12.5 Å². The maximum Gasteiger partial charge on any atom is 0.242 e. The van der Waals surface area contributed by atoms with Gasteiger partial charge in [-0.1, -0.05) is 30.3 Å². The number of hydrogen-bond acceptors (Lipinski definition) is 4. The Hall–Kier alpha value is -2.12. The van der Waals surface area contributed by atoms with Crippen LogP contribution in [0.1, 0.15) is 18.5 Å². The second-order valence-corrected chi connectivity index (χ2v) is 4.56. The maximum absolute atomic E-state index is 12.2. The normalized spacial score (nSPS) is 11.0. The van der Waals surface area contributed by atoms with Gasteiger partial charge in [-0.15, -0.1) is 12.4 Å². The molecule has 0 bridgehead atoms. The smallest absolute Gasteiger partial charge is 0.242 e. The van der Waals surface area contributed by atoms with E-state index in [1.807, 2.05) is 30.3 Å². The Morgan fingerprint density at radius 1 is 1.23 bits per heavy atom. The molecule has 1 aromatic rings. The number of nitrogens with two attached hydrogens (primary N) is 2. The zero-order valence-corrected chi connectivity index (χ0v) is 13.1. The summed E-state index contributed by atoms with van der Waals surface area (Å²) in [6.07, 6.45) is 0. The van der Waals surface area contributed by atoms with Crippen molar-refractivity contribution >= 4 is 30.1 Å². The molecular weight excluding hydrogens is 308 g/mol.